The summed E-state index contributed by atoms with van der Waals surface area (Å²) >= 11 is 5.62. The molecule has 0 amide bonds. The molecule has 0 unspecified atom stereocenters. The zero-order valence-electron chi connectivity index (χ0n) is 19.8. The van der Waals surface area contributed by atoms with Crippen LogP contribution in [-0.2, 0) is 0 Å². The third-order valence-electron chi connectivity index (χ3n) is 7.21. The summed E-state index contributed by atoms with van der Waals surface area (Å²) in [4.78, 5) is 2.79. The zero-order chi connectivity index (χ0) is 22.8. The Morgan fingerprint density at radius 2 is 1.19 bits per heavy atom. The molecule has 4 heteroatoms. The van der Waals surface area contributed by atoms with Gasteiger partial charge < -0.3 is 0 Å². The van der Waals surface area contributed by atoms with E-state index in [2.05, 4.69) is 87.7 Å². The molecule has 0 saturated carbocycles. The van der Waals surface area contributed by atoms with Crippen LogP contribution in [0.5, 0.6) is 0 Å². The standard InChI is InChI=1S/C28H28S3Si/c1-8-9-19-20-10-13-29-25(20)23-24-26-21(11-14-30-26)22(28(24)31-27(19)23)12-15-32(16(2)3,17(4)5)18(6)7/h10-11,13-14,16-18H,1-7H3. The van der Waals surface area contributed by atoms with Crippen molar-refractivity contribution in [3.05, 3.63) is 43.1 Å². The van der Waals surface area contributed by atoms with E-state index in [1.165, 1.54) is 52.2 Å². The maximum Gasteiger partial charge on any atom is 0.146 e. The molecule has 3 aromatic rings. The van der Waals surface area contributed by atoms with Crippen LogP contribution in [0.15, 0.2) is 22.9 Å². The number of hydrogen-bond donors (Lipinski definition) is 0. The third kappa shape index (κ3) is 2.87. The zero-order valence-corrected chi connectivity index (χ0v) is 23.2. The minimum atomic E-state index is -1.79. The second-order valence-corrected chi connectivity index (χ2v) is 18.0. The third-order valence-corrected chi connectivity index (χ3v) is 16.6. The Hall–Kier alpha value is -1.82. The summed E-state index contributed by atoms with van der Waals surface area (Å²) < 4.78 is 2.72. The summed E-state index contributed by atoms with van der Waals surface area (Å²) in [5.41, 5.74) is 13.9. The van der Waals surface area contributed by atoms with Gasteiger partial charge in [0, 0.05) is 32.0 Å². The van der Waals surface area contributed by atoms with E-state index in [1.54, 1.807) is 0 Å². The first-order valence-electron chi connectivity index (χ1n) is 11.4. The normalized spacial score (nSPS) is 13.7. The van der Waals surface area contributed by atoms with E-state index in [9.17, 15) is 0 Å². The fourth-order valence-electron chi connectivity index (χ4n) is 5.84. The lowest BCUT2D eigenvalue weighted by Crippen LogP contribution is -2.43. The molecule has 0 aromatic carbocycles. The summed E-state index contributed by atoms with van der Waals surface area (Å²) in [5.74, 6) is 10.4. The number of rotatable bonds is 3. The minimum absolute atomic E-state index is 0.639. The van der Waals surface area contributed by atoms with Crippen molar-refractivity contribution in [1.29, 1.82) is 0 Å². The van der Waals surface area contributed by atoms with Gasteiger partial charge in [-0.3, -0.25) is 0 Å². The second-order valence-electron chi connectivity index (χ2n) is 9.61. The molecule has 0 bridgehead atoms. The van der Waals surface area contributed by atoms with Gasteiger partial charge in [0.2, 0.25) is 0 Å². The molecule has 162 valence electrons. The number of thiophene rings is 3. The number of fused-ring (bicyclic) bond motifs is 7. The average molecular weight is 489 g/mol. The molecule has 5 rings (SSSR count). The van der Waals surface area contributed by atoms with E-state index in [1.807, 2.05) is 40.9 Å². The van der Waals surface area contributed by atoms with Crippen molar-refractivity contribution < 1.29 is 0 Å². The molecule has 2 aliphatic carbocycles. The highest BCUT2D eigenvalue weighted by molar-refractivity contribution is 7.17. The molecule has 0 saturated heterocycles. The summed E-state index contributed by atoms with van der Waals surface area (Å²) in [6.07, 6.45) is 0. The first-order valence-corrected chi connectivity index (χ1v) is 16.2. The molecule has 0 spiro atoms. The van der Waals surface area contributed by atoms with Crippen LogP contribution in [0.3, 0.4) is 0 Å². The Balaban J connectivity index is 1.84. The van der Waals surface area contributed by atoms with Gasteiger partial charge in [-0.2, -0.15) is 0 Å². The Morgan fingerprint density at radius 1 is 0.719 bits per heavy atom. The van der Waals surface area contributed by atoms with Crippen molar-refractivity contribution in [1.82, 2.24) is 0 Å². The van der Waals surface area contributed by atoms with Gasteiger partial charge in [-0.1, -0.05) is 53.4 Å². The minimum Gasteiger partial charge on any atom is -0.143 e. The lowest BCUT2D eigenvalue weighted by atomic mass is 10.1. The molecule has 0 radical (unpaired) electrons. The van der Waals surface area contributed by atoms with E-state index >= 15 is 0 Å². The molecule has 32 heavy (non-hydrogen) atoms. The van der Waals surface area contributed by atoms with Gasteiger partial charge in [0.05, 0.1) is 20.2 Å². The maximum atomic E-state index is 3.99. The smallest absolute Gasteiger partial charge is 0.143 e. The van der Waals surface area contributed by atoms with E-state index in [0.717, 1.165) is 0 Å². The lowest BCUT2D eigenvalue weighted by molar-refractivity contribution is 0.838. The van der Waals surface area contributed by atoms with Gasteiger partial charge in [0.15, 0.2) is 0 Å². The first kappa shape index (κ1) is 22.0. The summed E-state index contributed by atoms with van der Waals surface area (Å²) in [7, 11) is -1.79. The van der Waals surface area contributed by atoms with Crippen LogP contribution >= 0.6 is 34.0 Å². The Bertz CT molecular complexity index is 1460. The van der Waals surface area contributed by atoms with Crippen molar-refractivity contribution in [2.75, 3.05) is 0 Å². The fourth-order valence-corrected chi connectivity index (χ4v) is 14.4. The Labute approximate surface area is 204 Å². The SMILES string of the molecule is CC#CC1=c2sc3c(c2-c2sccc21)-c1sccc1C=3C#C[Si](C(C)C)(C(C)C)C(C)C. The summed E-state index contributed by atoms with van der Waals surface area (Å²) in [6.45, 7) is 16.3. The van der Waals surface area contributed by atoms with Crippen LogP contribution in [0.25, 0.3) is 32.0 Å². The van der Waals surface area contributed by atoms with Crippen molar-refractivity contribution in [3.63, 3.8) is 0 Å². The quantitative estimate of drug-likeness (QED) is 0.265. The predicted octanol–water partition coefficient (Wildman–Crippen LogP) is 7.47. The van der Waals surface area contributed by atoms with Crippen molar-refractivity contribution in [2.24, 2.45) is 0 Å². The van der Waals surface area contributed by atoms with Crippen LogP contribution in [0.4, 0.5) is 0 Å². The van der Waals surface area contributed by atoms with Gasteiger partial charge in [0.1, 0.15) is 8.07 Å². The lowest BCUT2D eigenvalue weighted by Gasteiger charge is -2.38. The highest BCUT2D eigenvalue weighted by atomic mass is 32.1. The van der Waals surface area contributed by atoms with Crippen molar-refractivity contribution >= 4 is 53.2 Å². The molecule has 0 fully saturated rings. The summed E-state index contributed by atoms with van der Waals surface area (Å²) in [6, 6.07) is 4.52. The highest BCUT2D eigenvalue weighted by Crippen LogP contribution is 2.47. The first-order chi connectivity index (χ1) is 15.3. The molecule has 2 aliphatic rings. The van der Waals surface area contributed by atoms with Gasteiger partial charge in [-0.25, -0.2) is 0 Å². The predicted molar refractivity (Wildman–Crippen MR) is 147 cm³/mol. The molecule has 0 N–H and O–H groups in total. The maximum absolute atomic E-state index is 3.99. The van der Waals surface area contributed by atoms with Gasteiger partial charge in [-0.05, 0) is 46.4 Å². The highest BCUT2D eigenvalue weighted by Gasteiger charge is 2.42. The van der Waals surface area contributed by atoms with Crippen molar-refractivity contribution in [3.8, 4) is 44.2 Å². The second kappa shape index (κ2) is 7.89. The van der Waals surface area contributed by atoms with Crippen LogP contribution in [0.1, 0.15) is 59.6 Å². The Kier molecular flexibility index (Phi) is 5.42. The molecule has 0 aliphatic heterocycles. The Morgan fingerprint density at radius 3 is 1.62 bits per heavy atom. The van der Waals surface area contributed by atoms with E-state index < -0.39 is 8.07 Å². The van der Waals surface area contributed by atoms with Crippen LogP contribution < -0.4 is 9.06 Å². The molecule has 0 nitrogen and oxygen atoms in total. The topological polar surface area (TPSA) is 0 Å². The number of hydrogen-bond acceptors (Lipinski definition) is 3. The fraction of sp³-hybridized carbons (Fsp3) is 0.357. The van der Waals surface area contributed by atoms with Gasteiger partial charge in [0.25, 0.3) is 0 Å². The monoisotopic (exact) mass is 488 g/mol. The molecule has 0 atom stereocenters. The van der Waals surface area contributed by atoms with Crippen LogP contribution in [-0.4, -0.2) is 8.07 Å². The van der Waals surface area contributed by atoms with Crippen LogP contribution in [0.2, 0.25) is 16.6 Å². The summed E-state index contributed by atoms with van der Waals surface area (Å²) in [5, 5.41) is 4.44. The molecule has 3 heterocycles. The van der Waals surface area contributed by atoms with E-state index in [0.29, 0.717) is 16.6 Å². The van der Waals surface area contributed by atoms with Crippen molar-refractivity contribution in [2.45, 2.75) is 65.1 Å². The van der Waals surface area contributed by atoms with E-state index in [4.69, 9.17) is 0 Å². The van der Waals surface area contributed by atoms with Gasteiger partial charge >= 0.3 is 0 Å². The van der Waals surface area contributed by atoms with Crippen LogP contribution in [0, 0.1) is 23.3 Å². The van der Waals surface area contributed by atoms with Gasteiger partial charge in [-0.15, -0.1) is 45.5 Å². The molecule has 3 aromatic heterocycles. The largest absolute Gasteiger partial charge is 0.146 e. The van der Waals surface area contributed by atoms with E-state index in [-0.39, 0.29) is 0 Å². The molecular formula is C28H28S3Si. The average Bonchev–Trinajstić information content (AvgIpc) is 3.49. The molecular weight excluding hydrogens is 461 g/mol.